The van der Waals surface area contributed by atoms with Crippen LogP contribution in [0, 0.1) is 5.92 Å². The summed E-state index contributed by atoms with van der Waals surface area (Å²) in [7, 11) is 5.95. The molecule has 2 atom stereocenters. The molecule has 2 unspecified atom stereocenters. The number of hydrogen-bond acceptors (Lipinski definition) is 4. The summed E-state index contributed by atoms with van der Waals surface area (Å²) in [5.74, 6) is 1.58. The summed E-state index contributed by atoms with van der Waals surface area (Å²) < 4.78 is 10.9. The van der Waals surface area contributed by atoms with Crippen LogP contribution in [0.4, 0.5) is 0 Å². The van der Waals surface area contributed by atoms with E-state index in [4.69, 9.17) is 9.47 Å². The minimum Gasteiger partial charge on any atom is -0.497 e. The summed E-state index contributed by atoms with van der Waals surface area (Å²) >= 11 is 0. The van der Waals surface area contributed by atoms with E-state index in [0.717, 1.165) is 32.1 Å². The highest BCUT2D eigenvalue weighted by Crippen LogP contribution is 2.22. The fourth-order valence-corrected chi connectivity index (χ4v) is 2.84. The zero-order valence-electron chi connectivity index (χ0n) is 13.5. The van der Waals surface area contributed by atoms with Crippen molar-refractivity contribution in [1.82, 2.24) is 10.2 Å². The molecule has 1 aromatic carbocycles. The van der Waals surface area contributed by atoms with Gasteiger partial charge in [-0.2, -0.15) is 0 Å². The summed E-state index contributed by atoms with van der Waals surface area (Å²) in [6, 6.07) is 8.68. The Hall–Kier alpha value is -1.10. The van der Waals surface area contributed by atoms with Gasteiger partial charge in [0.25, 0.3) is 0 Å². The van der Waals surface area contributed by atoms with Crippen LogP contribution in [-0.2, 0) is 4.74 Å². The number of nitrogens with one attached hydrogen (secondary N) is 1. The Balaban J connectivity index is 1.89. The van der Waals surface area contributed by atoms with E-state index in [1.54, 1.807) is 7.11 Å². The molecule has 0 aliphatic carbocycles. The molecule has 2 rings (SSSR count). The van der Waals surface area contributed by atoms with Crippen molar-refractivity contribution in [2.45, 2.75) is 18.9 Å². The molecular weight excluding hydrogens is 264 g/mol. The predicted molar refractivity (Wildman–Crippen MR) is 85.8 cm³/mol. The highest BCUT2D eigenvalue weighted by Gasteiger charge is 2.17. The van der Waals surface area contributed by atoms with Crippen molar-refractivity contribution in [2.75, 3.05) is 47.5 Å². The van der Waals surface area contributed by atoms with E-state index in [0.29, 0.717) is 12.0 Å². The van der Waals surface area contributed by atoms with Crippen LogP contribution in [0.5, 0.6) is 5.75 Å². The van der Waals surface area contributed by atoms with Gasteiger partial charge in [-0.1, -0.05) is 12.1 Å². The van der Waals surface area contributed by atoms with Gasteiger partial charge in [-0.05, 0) is 50.6 Å². The average molecular weight is 292 g/mol. The second kappa shape index (κ2) is 8.37. The predicted octanol–water partition coefficient (Wildman–Crippen LogP) is 2.31. The summed E-state index contributed by atoms with van der Waals surface area (Å²) in [5, 5.41) is 3.61. The molecule has 0 amide bonds. The Kier molecular flexibility index (Phi) is 6.49. The van der Waals surface area contributed by atoms with Crippen molar-refractivity contribution < 1.29 is 9.47 Å². The Morgan fingerprint density at radius 2 is 2.29 bits per heavy atom. The maximum Gasteiger partial charge on any atom is 0.119 e. The van der Waals surface area contributed by atoms with E-state index >= 15 is 0 Å². The summed E-state index contributed by atoms with van der Waals surface area (Å²) in [4.78, 5) is 2.25. The van der Waals surface area contributed by atoms with Gasteiger partial charge < -0.3 is 19.7 Å². The van der Waals surface area contributed by atoms with Gasteiger partial charge in [0.15, 0.2) is 0 Å². The van der Waals surface area contributed by atoms with Gasteiger partial charge in [0, 0.05) is 25.7 Å². The largest absolute Gasteiger partial charge is 0.497 e. The number of ether oxygens (including phenoxy) is 2. The Morgan fingerprint density at radius 3 is 2.95 bits per heavy atom. The zero-order chi connectivity index (χ0) is 15.1. The number of likely N-dealkylation sites (N-methyl/N-ethyl adjacent to an activating group) is 1. The van der Waals surface area contributed by atoms with Crippen LogP contribution in [0.2, 0.25) is 0 Å². The van der Waals surface area contributed by atoms with Gasteiger partial charge in [0.1, 0.15) is 5.75 Å². The van der Waals surface area contributed by atoms with E-state index in [9.17, 15) is 0 Å². The van der Waals surface area contributed by atoms with E-state index in [1.165, 1.54) is 18.4 Å². The van der Waals surface area contributed by atoms with E-state index in [2.05, 4.69) is 42.5 Å². The van der Waals surface area contributed by atoms with Crippen LogP contribution < -0.4 is 10.1 Å². The number of benzene rings is 1. The fraction of sp³-hybridized carbons (Fsp3) is 0.647. The second-order valence-corrected chi connectivity index (χ2v) is 6.00. The molecule has 1 aliphatic rings. The lowest BCUT2D eigenvalue weighted by atomic mass is 10.0. The molecule has 1 heterocycles. The van der Waals surface area contributed by atoms with Crippen molar-refractivity contribution in [2.24, 2.45) is 5.92 Å². The van der Waals surface area contributed by atoms with Gasteiger partial charge in [0.2, 0.25) is 0 Å². The maximum atomic E-state index is 5.54. The van der Waals surface area contributed by atoms with Crippen molar-refractivity contribution >= 4 is 0 Å². The molecule has 0 bridgehead atoms. The third-order valence-electron chi connectivity index (χ3n) is 4.13. The molecular formula is C17H28N2O2. The average Bonchev–Trinajstić information content (AvgIpc) is 2.52. The first-order valence-electron chi connectivity index (χ1n) is 7.79. The molecule has 1 saturated heterocycles. The molecule has 0 spiro atoms. The van der Waals surface area contributed by atoms with Crippen molar-refractivity contribution in [1.29, 1.82) is 0 Å². The molecule has 118 valence electrons. The lowest BCUT2D eigenvalue weighted by Crippen LogP contribution is -2.35. The molecule has 4 heteroatoms. The van der Waals surface area contributed by atoms with E-state index in [-0.39, 0.29) is 0 Å². The molecule has 21 heavy (non-hydrogen) atoms. The Labute approximate surface area is 128 Å². The normalized spacial score (nSPS) is 20.5. The number of methoxy groups -OCH3 is 1. The third kappa shape index (κ3) is 4.99. The monoisotopic (exact) mass is 292 g/mol. The van der Waals surface area contributed by atoms with Crippen LogP contribution in [0.15, 0.2) is 24.3 Å². The van der Waals surface area contributed by atoms with Crippen LogP contribution in [0.1, 0.15) is 24.4 Å². The lowest BCUT2D eigenvalue weighted by Gasteiger charge is -2.27. The van der Waals surface area contributed by atoms with Gasteiger partial charge in [0.05, 0.1) is 13.7 Å². The molecule has 1 aliphatic heterocycles. The SMILES string of the molecule is COc1cccc(C(CNCC2CCCOC2)N(C)C)c1. The first kappa shape index (κ1) is 16.3. The van der Waals surface area contributed by atoms with Crippen molar-refractivity contribution in [3.63, 3.8) is 0 Å². The molecule has 0 radical (unpaired) electrons. The van der Waals surface area contributed by atoms with Gasteiger partial charge in [-0.3, -0.25) is 0 Å². The second-order valence-electron chi connectivity index (χ2n) is 6.00. The maximum absolute atomic E-state index is 5.54. The Morgan fingerprint density at radius 1 is 1.43 bits per heavy atom. The summed E-state index contributed by atoms with van der Waals surface area (Å²) in [6.07, 6.45) is 2.47. The molecule has 0 aromatic heterocycles. The topological polar surface area (TPSA) is 33.7 Å². The van der Waals surface area contributed by atoms with Crippen LogP contribution in [0.25, 0.3) is 0 Å². The van der Waals surface area contributed by atoms with Gasteiger partial charge in [-0.25, -0.2) is 0 Å². The van der Waals surface area contributed by atoms with Crippen LogP contribution >= 0.6 is 0 Å². The smallest absolute Gasteiger partial charge is 0.119 e. The van der Waals surface area contributed by atoms with E-state index < -0.39 is 0 Å². The molecule has 1 fully saturated rings. The molecule has 1 aromatic rings. The standard InChI is InChI=1S/C17H28N2O2/c1-19(2)17(15-7-4-8-16(10-15)20-3)12-18-11-14-6-5-9-21-13-14/h4,7-8,10,14,17-18H,5-6,9,11-13H2,1-3H3. The quantitative estimate of drug-likeness (QED) is 0.836. The lowest BCUT2D eigenvalue weighted by molar-refractivity contribution is 0.0543. The van der Waals surface area contributed by atoms with Gasteiger partial charge >= 0.3 is 0 Å². The summed E-state index contributed by atoms with van der Waals surface area (Å²) in [5.41, 5.74) is 1.28. The number of rotatable bonds is 7. The molecule has 1 N–H and O–H groups in total. The highest BCUT2D eigenvalue weighted by molar-refractivity contribution is 5.30. The fourth-order valence-electron chi connectivity index (χ4n) is 2.84. The molecule has 0 saturated carbocycles. The Bertz CT molecular complexity index is 417. The minimum absolute atomic E-state index is 0.351. The van der Waals surface area contributed by atoms with Crippen LogP contribution in [0.3, 0.4) is 0 Å². The van der Waals surface area contributed by atoms with Crippen molar-refractivity contribution in [3.05, 3.63) is 29.8 Å². The number of nitrogens with zero attached hydrogens (tertiary/aromatic N) is 1. The highest BCUT2D eigenvalue weighted by atomic mass is 16.5. The molecule has 4 nitrogen and oxygen atoms in total. The first-order valence-corrected chi connectivity index (χ1v) is 7.79. The number of hydrogen-bond donors (Lipinski definition) is 1. The summed E-state index contributed by atoms with van der Waals surface area (Å²) in [6.45, 7) is 3.81. The van der Waals surface area contributed by atoms with Gasteiger partial charge in [-0.15, -0.1) is 0 Å². The first-order chi connectivity index (χ1) is 10.2. The van der Waals surface area contributed by atoms with E-state index in [1.807, 2.05) is 6.07 Å². The minimum atomic E-state index is 0.351. The third-order valence-corrected chi connectivity index (χ3v) is 4.13. The van der Waals surface area contributed by atoms with Crippen molar-refractivity contribution in [3.8, 4) is 5.75 Å². The zero-order valence-corrected chi connectivity index (χ0v) is 13.5. The van der Waals surface area contributed by atoms with Crippen LogP contribution in [-0.4, -0.2) is 52.4 Å².